The highest BCUT2D eigenvalue weighted by Gasteiger charge is 2.06. The fraction of sp³-hybridized carbons (Fsp3) is 0.0455. The number of fused-ring (bicyclic) bond motifs is 2. The summed E-state index contributed by atoms with van der Waals surface area (Å²) >= 11 is 0. The lowest BCUT2D eigenvalue weighted by molar-refractivity contribution is 0.748. The lowest BCUT2D eigenvalue weighted by Crippen LogP contribution is -2.21. The topological polar surface area (TPSA) is 63.6 Å². The van der Waals surface area contributed by atoms with E-state index in [1.54, 1.807) is 10.9 Å². The Labute approximate surface area is 155 Å². The molecule has 0 amide bonds. The van der Waals surface area contributed by atoms with Crippen molar-refractivity contribution in [3.05, 3.63) is 95.3 Å². The molecular weight excluding hydrogens is 336 g/mol. The molecule has 0 aliphatic carbocycles. The van der Waals surface area contributed by atoms with E-state index in [9.17, 15) is 4.79 Å². The number of nitrogens with one attached hydrogen (secondary N) is 1. The highest BCUT2D eigenvalue weighted by molar-refractivity contribution is 5.81. The summed E-state index contributed by atoms with van der Waals surface area (Å²) in [5, 5.41) is 1.71. The van der Waals surface area contributed by atoms with Crippen molar-refractivity contribution in [1.29, 1.82) is 0 Å². The molecule has 0 aliphatic heterocycles. The molecular formula is C22H16N4O. The molecule has 0 saturated heterocycles. The smallest absolute Gasteiger partial charge is 0.261 e. The van der Waals surface area contributed by atoms with E-state index in [4.69, 9.17) is 0 Å². The quantitative estimate of drug-likeness (QED) is 0.534. The van der Waals surface area contributed by atoms with Crippen LogP contribution in [0, 0.1) is 0 Å². The average molecular weight is 352 g/mol. The fourth-order valence-electron chi connectivity index (χ4n) is 3.36. The van der Waals surface area contributed by atoms with E-state index in [-0.39, 0.29) is 5.56 Å². The van der Waals surface area contributed by atoms with Gasteiger partial charge in [-0.25, -0.2) is 9.97 Å². The maximum absolute atomic E-state index is 12.7. The molecule has 5 rings (SSSR count). The van der Waals surface area contributed by atoms with Crippen molar-refractivity contribution in [3.63, 3.8) is 0 Å². The van der Waals surface area contributed by atoms with Gasteiger partial charge in [0.15, 0.2) is 0 Å². The molecule has 0 fully saturated rings. The van der Waals surface area contributed by atoms with Gasteiger partial charge in [-0.3, -0.25) is 9.36 Å². The molecule has 5 aromatic rings. The molecule has 130 valence electrons. The van der Waals surface area contributed by atoms with Crippen molar-refractivity contribution >= 4 is 21.9 Å². The first-order valence-electron chi connectivity index (χ1n) is 8.74. The minimum absolute atomic E-state index is 0.0265. The fourth-order valence-corrected chi connectivity index (χ4v) is 3.36. The molecule has 3 heterocycles. The summed E-state index contributed by atoms with van der Waals surface area (Å²) in [7, 11) is 0. The van der Waals surface area contributed by atoms with Gasteiger partial charge in [0.2, 0.25) is 0 Å². The Morgan fingerprint density at radius 3 is 2.81 bits per heavy atom. The highest BCUT2D eigenvalue weighted by Crippen LogP contribution is 2.23. The molecule has 0 saturated carbocycles. The molecule has 0 radical (unpaired) electrons. The predicted molar refractivity (Wildman–Crippen MR) is 107 cm³/mol. The molecule has 5 nitrogen and oxygen atoms in total. The van der Waals surface area contributed by atoms with Crippen molar-refractivity contribution < 1.29 is 0 Å². The Morgan fingerprint density at radius 2 is 1.85 bits per heavy atom. The van der Waals surface area contributed by atoms with Crippen LogP contribution >= 0.6 is 0 Å². The summed E-state index contributed by atoms with van der Waals surface area (Å²) in [5.41, 5.74) is 4.74. The van der Waals surface area contributed by atoms with Crippen LogP contribution in [0.5, 0.6) is 0 Å². The van der Waals surface area contributed by atoms with Crippen LogP contribution < -0.4 is 5.56 Å². The summed E-state index contributed by atoms with van der Waals surface area (Å²) in [6.07, 6.45) is 5.36. The maximum Gasteiger partial charge on any atom is 0.261 e. The van der Waals surface area contributed by atoms with Gasteiger partial charge < -0.3 is 4.98 Å². The molecule has 1 N–H and O–H groups in total. The number of pyridine rings is 1. The van der Waals surface area contributed by atoms with Gasteiger partial charge in [0.25, 0.3) is 5.56 Å². The third kappa shape index (κ3) is 2.79. The van der Waals surface area contributed by atoms with Crippen molar-refractivity contribution in [2.45, 2.75) is 6.54 Å². The predicted octanol–water partition coefficient (Wildman–Crippen LogP) is 3.99. The van der Waals surface area contributed by atoms with E-state index in [0.717, 1.165) is 33.2 Å². The minimum atomic E-state index is -0.0265. The standard InChI is InChI=1S/C22H16N4O/c27-22-19-6-1-2-7-20(19)25-14-26(22)13-15-4-3-5-16(10-15)18-11-17-8-9-23-21(17)24-12-18/h1-12,14H,13H2,(H,23,24). The van der Waals surface area contributed by atoms with E-state index in [0.29, 0.717) is 11.9 Å². The third-order valence-electron chi connectivity index (χ3n) is 4.74. The number of nitrogens with zero attached hydrogens (tertiary/aromatic N) is 3. The van der Waals surface area contributed by atoms with E-state index in [1.807, 2.05) is 54.9 Å². The number of aromatic nitrogens is 4. The van der Waals surface area contributed by atoms with Gasteiger partial charge in [-0.05, 0) is 41.5 Å². The minimum Gasteiger partial charge on any atom is -0.346 e. The van der Waals surface area contributed by atoms with Crippen molar-refractivity contribution in [3.8, 4) is 11.1 Å². The van der Waals surface area contributed by atoms with Crippen LogP contribution in [0.2, 0.25) is 0 Å². The second-order valence-electron chi connectivity index (χ2n) is 6.53. The van der Waals surface area contributed by atoms with Gasteiger partial charge in [0.05, 0.1) is 23.8 Å². The second-order valence-corrected chi connectivity index (χ2v) is 6.53. The van der Waals surface area contributed by atoms with Crippen molar-refractivity contribution in [2.75, 3.05) is 0 Å². The molecule has 0 spiro atoms. The van der Waals surface area contributed by atoms with E-state index >= 15 is 0 Å². The van der Waals surface area contributed by atoms with Gasteiger partial charge in [-0.1, -0.05) is 30.3 Å². The Hall–Kier alpha value is -3.73. The monoisotopic (exact) mass is 352 g/mol. The summed E-state index contributed by atoms with van der Waals surface area (Å²) in [5.74, 6) is 0. The summed E-state index contributed by atoms with van der Waals surface area (Å²) in [4.78, 5) is 24.7. The number of aromatic amines is 1. The molecule has 3 aromatic heterocycles. The number of H-pyrrole nitrogens is 1. The van der Waals surface area contributed by atoms with Gasteiger partial charge in [0, 0.05) is 23.3 Å². The Bertz CT molecular complexity index is 1330. The molecule has 0 aliphatic rings. The average Bonchev–Trinajstić information content (AvgIpc) is 3.18. The van der Waals surface area contributed by atoms with Crippen LogP contribution in [0.1, 0.15) is 5.56 Å². The van der Waals surface area contributed by atoms with Crippen LogP contribution in [0.4, 0.5) is 0 Å². The number of benzene rings is 2. The molecule has 0 unspecified atom stereocenters. The second kappa shape index (κ2) is 6.21. The van der Waals surface area contributed by atoms with E-state index in [1.165, 1.54) is 0 Å². The molecule has 27 heavy (non-hydrogen) atoms. The number of hydrogen-bond acceptors (Lipinski definition) is 3. The summed E-state index contributed by atoms with van der Waals surface area (Å²) in [6, 6.07) is 19.7. The lowest BCUT2D eigenvalue weighted by Gasteiger charge is -2.09. The number of hydrogen-bond donors (Lipinski definition) is 1. The summed E-state index contributed by atoms with van der Waals surface area (Å²) < 4.78 is 1.65. The van der Waals surface area contributed by atoms with Crippen molar-refractivity contribution in [1.82, 2.24) is 19.5 Å². The lowest BCUT2D eigenvalue weighted by atomic mass is 10.0. The zero-order valence-electron chi connectivity index (χ0n) is 14.5. The first-order chi connectivity index (χ1) is 13.3. The zero-order chi connectivity index (χ0) is 18.2. The van der Waals surface area contributed by atoms with Crippen LogP contribution in [-0.2, 0) is 6.54 Å². The van der Waals surface area contributed by atoms with Gasteiger partial charge >= 0.3 is 0 Å². The SMILES string of the molecule is O=c1c2ccccc2ncn1Cc1cccc(-c2cnc3[nH]ccc3c2)c1. The molecule has 0 bridgehead atoms. The molecule has 5 heteroatoms. The first-order valence-corrected chi connectivity index (χ1v) is 8.74. The number of para-hydroxylation sites is 1. The van der Waals surface area contributed by atoms with Gasteiger partial charge in [-0.15, -0.1) is 0 Å². The Morgan fingerprint density at radius 1 is 0.926 bits per heavy atom. The van der Waals surface area contributed by atoms with Crippen LogP contribution in [0.25, 0.3) is 33.1 Å². The Balaban J connectivity index is 1.52. The van der Waals surface area contributed by atoms with E-state index < -0.39 is 0 Å². The van der Waals surface area contributed by atoms with E-state index in [2.05, 4.69) is 33.2 Å². The number of rotatable bonds is 3. The van der Waals surface area contributed by atoms with Crippen LogP contribution in [0.15, 0.2) is 84.2 Å². The van der Waals surface area contributed by atoms with Crippen LogP contribution in [-0.4, -0.2) is 19.5 Å². The highest BCUT2D eigenvalue weighted by atomic mass is 16.1. The molecule has 2 aromatic carbocycles. The van der Waals surface area contributed by atoms with Crippen molar-refractivity contribution in [2.24, 2.45) is 0 Å². The molecule has 0 atom stereocenters. The first kappa shape index (κ1) is 15.5. The van der Waals surface area contributed by atoms with Gasteiger partial charge in [0.1, 0.15) is 5.65 Å². The summed E-state index contributed by atoms with van der Waals surface area (Å²) in [6.45, 7) is 0.477. The third-order valence-corrected chi connectivity index (χ3v) is 4.74. The zero-order valence-corrected chi connectivity index (χ0v) is 14.5. The normalized spacial score (nSPS) is 11.3. The largest absolute Gasteiger partial charge is 0.346 e. The van der Waals surface area contributed by atoms with Crippen LogP contribution in [0.3, 0.4) is 0 Å². The van der Waals surface area contributed by atoms with Gasteiger partial charge in [-0.2, -0.15) is 0 Å². The Kier molecular flexibility index (Phi) is 3.57. The maximum atomic E-state index is 12.7.